The number of morpholine rings is 1. The molecule has 1 atom stereocenters. The lowest BCUT2D eigenvalue weighted by Gasteiger charge is -2.34. The SMILES string of the molecule is COc1cccc2c1nc(C(F)F)n2-c1nc(NN2CCCC[C@@H]2C(=O)CCl)nc(N2CCOCC2)n1. The highest BCUT2D eigenvalue weighted by Crippen LogP contribution is 2.32. The van der Waals surface area contributed by atoms with Crippen LogP contribution in [0.2, 0.25) is 0 Å². The minimum absolute atomic E-state index is 0.0257. The van der Waals surface area contributed by atoms with Gasteiger partial charge in [-0.25, -0.2) is 18.8 Å². The fourth-order valence-electron chi connectivity index (χ4n) is 4.64. The van der Waals surface area contributed by atoms with Gasteiger partial charge in [0.25, 0.3) is 6.43 Å². The van der Waals surface area contributed by atoms with Gasteiger partial charge >= 0.3 is 0 Å². The van der Waals surface area contributed by atoms with Gasteiger partial charge in [0.05, 0.1) is 37.8 Å². The molecule has 2 fully saturated rings. The third-order valence-electron chi connectivity index (χ3n) is 6.44. The van der Waals surface area contributed by atoms with E-state index in [-0.39, 0.29) is 29.1 Å². The number of rotatable bonds is 8. The van der Waals surface area contributed by atoms with Crippen molar-refractivity contribution in [2.45, 2.75) is 31.7 Å². The van der Waals surface area contributed by atoms with Crippen LogP contribution in [0.1, 0.15) is 31.5 Å². The van der Waals surface area contributed by atoms with Crippen molar-refractivity contribution in [3.8, 4) is 11.7 Å². The Morgan fingerprint density at radius 3 is 2.68 bits per heavy atom. The van der Waals surface area contributed by atoms with Gasteiger partial charge in [0, 0.05) is 19.6 Å². The summed E-state index contributed by atoms with van der Waals surface area (Å²) in [5.74, 6) is 0.0351. The number of hydrazine groups is 1. The summed E-state index contributed by atoms with van der Waals surface area (Å²) < 4.78 is 40.4. The van der Waals surface area contributed by atoms with Crippen LogP contribution in [0.15, 0.2) is 18.2 Å². The molecule has 1 aromatic carbocycles. The Morgan fingerprint density at radius 2 is 1.95 bits per heavy atom. The number of piperidine rings is 1. The van der Waals surface area contributed by atoms with Crippen molar-refractivity contribution in [1.29, 1.82) is 0 Å². The Bertz CT molecular complexity index is 1270. The van der Waals surface area contributed by atoms with Gasteiger partial charge in [0.1, 0.15) is 11.3 Å². The molecule has 2 aromatic heterocycles. The van der Waals surface area contributed by atoms with Gasteiger partial charge in [-0.15, -0.1) is 11.6 Å². The average molecular weight is 537 g/mol. The maximum atomic E-state index is 14.2. The van der Waals surface area contributed by atoms with Gasteiger partial charge < -0.3 is 14.4 Å². The van der Waals surface area contributed by atoms with Crippen molar-refractivity contribution in [2.75, 3.05) is 56.2 Å². The number of imidazole rings is 1. The van der Waals surface area contributed by atoms with E-state index in [1.165, 1.54) is 11.7 Å². The number of benzene rings is 1. The quantitative estimate of drug-likeness (QED) is 0.431. The van der Waals surface area contributed by atoms with Crippen molar-refractivity contribution in [2.24, 2.45) is 0 Å². The standard InChI is InChI=1S/C23H27ClF2N8O3/c1-36-17-7-4-6-15-18(17)27-20(19(25)26)34(15)23-29-21(28-22(30-23)32-9-11-37-12-10-32)31-33-8-3-2-5-14(33)16(35)13-24/h4,6-7,14,19H,2-3,5,8-13H2,1H3,(H,28,29,30,31)/t14-/m1/s1. The summed E-state index contributed by atoms with van der Waals surface area (Å²) in [5.41, 5.74) is 3.77. The molecule has 37 heavy (non-hydrogen) atoms. The first-order valence-corrected chi connectivity index (χ1v) is 12.6. The molecule has 0 bridgehead atoms. The Morgan fingerprint density at radius 1 is 1.16 bits per heavy atom. The summed E-state index contributed by atoms with van der Waals surface area (Å²) >= 11 is 5.85. The third kappa shape index (κ3) is 5.15. The number of para-hydroxylation sites is 1. The normalized spacial score (nSPS) is 18.9. The largest absolute Gasteiger partial charge is 0.494 e. The number of halogens is 3. The molecular formula is C23H27ClF2N8O3. The van der Waals surface area contributed by atoms with E-state index < -0.39 is 18.3 Å². The number of aromatic nitrogens is 5. The molecule has 2 aliphatic rings. The third-order valence-corrected chi connectivity index (χ3v) is 6.71. The highest BCUT2D eigenvalue weighted by molar-refractivity contribution is 6.28. The molecule has 198 valence electrons. The van der Waals surface area contributed by atoms with Gasteiger partial charge in [-0.05, 0) is 25.0 Å². The van der Waals surface area contributed by atoms with Crippen LogP contribution in [0.4, 0.5) is 20.7 Å². The summed E-state index contributed by atoms with van der Waals surface area (Å²) in [6.07, 6.45) is -0.485. The smallest absolute Gasteiger partial charge is 0.296 e. The summed E-state index contributed by atoms with van der Waals surface area (Å²) in [7, 11) is 1.45. The summed E-state index contributed by atoms with van der Waals surface area (Å²) in [6.45, 7) is 2.60. The molecule has 4 heterocycles. The second-order valence-electron chi connectivity index (χ2n) is 8.71. The number of methoxy groups -OCH3 is 1. The topological polar surface area (TPSA) is 111 Å². The minimum Gasteiger partial charge on any atom is -0.494 e. The maximum absolute atomic E-state index is 14.2. The molecule has 0 unspecified atom stereocenters. The predicted molar refractivity (Wildman–Crippen MR) is 133 cm³/mol. The second kappa shape index (κ2) is 11.1. The second-order valence-corrected chi connectivity index (χ2v) is 8.98. The van der Waals surface area contributed by atoms with E-state index in [2.05, 4.69) is 25.4 Å². The van der Waals surface area contributed by atoms with Crippen LogP contribution in [0, 0.1) is 0 Å². The minimum atomic E-state index is -2.90. The maximum Gasteiger partial charge on any atom is 0.296 e. The molecule has 0 spiro atoms. The van der Waals surface area contributed by atoms with E-state index in [0.29, 0.717) is 56.5 Å². The van der Waals surface area contributed by atoms with Crippen molar-refractivity contribution in [1.82, 2.24) is 29.5 Å². The van der Waals surface area contributed by atoms with Crippen LogP contribution in [0.5, 0.6) is 5.75 Å². The average Bonchev–Trinajstić information content (AvgIpc) is 3.34. The Kier molecular flexibility index (Phi) is 7.63. The molecule has 0 radical (unpaired) electrons. The molecule has 2 saturated heterocycles. The van der Waals surface area contributed by atoms with Crippen LogP contribution in [-0.2, 0) is 9.53 Å². The van der Waals surface area contributed by atoms with Crippen LogP contribution < -0.4 is 15.1 Å². The van der Waals surface area contributed by atoms with Gasteiger partial charge in [-0.3, -0.25) is 14.8 Å². The first-order chi connectivity index (χ1) is 18.0. The monoisotopic (exact) mass is 536 g/mol. The number of nitrogens with one attached hydrogen (secondary N) is 1. The van der Waals surface area contributed by atoms with Crippen molar-refractivity contribution in [3.05, 3.63) is 24.0 Å². The zero-order valence-corrected chi connectivity index (χ0v) is 21.0. The number of Topliss-reactive ketones (excluding diaryl/α,β-unsaturated/α-hetero) is 1. The summed E-state index contributed by atoms with van der Waals surface area (Å²) in [5, 5.41) is 1.76. The zero-order valence-electron chi connectivity index (χ0n) is 20.2. The zero-order chi connectivity index (χ0) is 25.9. The van der Waals surface area contributed by atoms with Crippen molar-refractivity contribution >= 4 is 40.3 Å². The lowest BCUT2D eigenvalue weighted by Crippen LogP contribution is -2.48. The molecule has 2 aliphatic heterocycles. The number of carbonyl (C=O) groups excluding carboxylic acids is 1. The van der Waals surface area contributed by atoms with Gasteiger partial charge in [0.2, 0.25) is 17.8 Å². The summed E-state index contributed by atoms with van der Waals surface area (Å²) in [4.78, 5) is 32.2. The van der Waals surface area contributed by atoms with Gasteiger partial charge in [-0.2, -0.15) is 15.0 Å². The number of ketones is 1. The van der Waals surface area contributed by atoms with Crippen LogP contribution in [-0.4, -0.2) is 87.2 Å². The summed E-state index contributed by atoms with van der Waals surface area (Å²) in [6, 6.07) is 4.56. The Hall–Kier alpha value is -3.16. The fraction of sp³-hybridized carbons (Fsp3) is 0.522. The molecule has 14 heteroatoms. The Balaban J connectivity index is 1.63. The lowest BCUT2D eigenvalue weighted by atomic mass is 10.0. The molecule has 3 aromatic rings. The van der Waals surface area contributed by atoms with Gasteiger partial charge in [-0.1, -0.05) is 12.5 Å². The molecule has 5 rings (SSSR count). The van der Waals surface area contributed by atoms with E-state index in [0.717, 1.165) is 12.8 Å². The van der Waals surface area contributed by atoms with E-state index in [1.54, 1.807) is 23.2 Å². The number of anilines is 2. The van der Waals surface area contributed by atoms with Crippen molar-refractivity contribution in [3.63, 3.8) is 0 Å². The molecular weight excluding hydrogens is 510 g/mol. The van der Waals surface area contributed by atoms with E-state index >= 15 is 0 Å². The van der Waals surface area contributed by atoms with E-state index in [1.807, 2.05) is 4.90 Å². The highest BCUT2D eigenvalue weighted by atomic mass is 35.5. The number of fused-ring (bicyclic) bond motifs is 1. The van der Waals surface area contributed by atoms with Crippen molar-refractivity contribution < 1.29 is 23.0 Å². The van der Waals surface area contributed by atoms with E-state index in [4.69, 9.17) is 21.1 Å². The number of alkyl halides is 3. The van der Waals surface area contributed by atoms with E-state index in [9.17, 15) is 13.6 Å². The Labute approximate surface area is 216 Å². The molecule has 0 aliphatic carbocycles. The number of hydrogen-bond donors (Lipinski definition) is 1. The number of ether oxygens (including phenoxy) is 2. The molecule has 11 nitrogen and oxygen atoms in total. The number of carbonyl (C=O) groups is 1. The van der Waals surface area contributed by atoms with Gasteiger partial charge in [0.15, 0.2) is 11.6 Å². The molecule has 0 saturated carbocycles. The molecule has 0 amide bonds. The fourth-order valence-corrected chi connectivity index (χ4v) is 4.82. The first kappa shape index (κ1) is 25.5. The highest BCUT2D eigenvalue weighted by Gasteiger charge is 2.30. The van der Waals surface area contributed by atoms with Crippen LogP contribution in [0.25, 0.3) is 17.0 Å². The number of hydrogen-bond acceptors (Lipinski definition) is 10. The predicted octanol–water partition coefficient (Wildman–Crippen LogP) is 2.98. The molecule has 1 N–H and O–H groups in total. The van der Waals surface area contributed by atoms with Crippen LogP contribution >= 0.6 is 11.6 Å². The lowest BCUT2D eigenvalue weighted by molar-refractivity contribution is -0.122. The van der Waals surface area contributed by atoms with Crippen LogP contribution in [0.3, 0.4) is 0 Å². The number of nitrogens with zero attached hydrogens (tertiary/aromatic N) is 7. The first-order valence-electron chi connectivity index (χ1n) is 12.0.